The average molecular weight is 151 g/mol. The summed E-state index contributed by atoms with van der Waals surface area (Å²) < 4.78 is 0. The summed E-state index contributed by atoms with van der Waals surface area (Å²) in [6, 6.07) is 2.18. The van der Waals surface area contributed by atoms with Crippen LogP contribution in [-0.2, 0) is 6.42 Å². The van der Waals surface area contributed by atoms with Crippen molar-refractivity contribution in [3.63, 3.8) is 0 Å². The van der Waals surface area contributed by atoms with Crippen LogP contribution in [0.1, 0.15) is 12.5 Å². The van der Waals surface area contributed by atoms with Crippen LogP contribution in [0.5, 0.6) is 0 Å². The van der Waals surface area contributed by atoms with E-state index in [9.17, 15) is 0 Å². The molecule has 0 radical (unpaired) electrons. The first-order valence-electron chi connectivity index (χ1n) is 3.45. The molecule has 0 bridgehead atoms. The van der Waals surface area contributed by atoms with Crippen LogP contribution < -0.4 is 0 Å². The maximum Gasteiger partial charge on any atom is 0.0999 e. The third kappa shape index (κ3) is 0.688. The van der Waals surface area contributed by atoms with E-state index in [2.05, 4.69) is 29.6 Å². The van der Waals surface area contributed by atoms with E-state index in [1.54, 1.807) is 11.3 Å². The van der Waals surface area contributed by atoms with Crippen molar-refractivity contribution in [3.8, 4) is 0 Å². The van der Waals surface area contributed by atoms with Gasteiger partial charge in [0.2, 0.25) is 0 Å². The monoisotopic (exact) mass is 151 g/mol. The van der Waals surface area contributed by atoms with E-state index in [0.717, 1.165) is 6.42 Å². The normalized spacial score (nSPS) is 10.9. The summed E-state index contributed by atoms with van der Waals surface area (Å²) in [7, 11) is 0. The van der Waals surface area contributed by atoms with E-state index in [4.69, 9.17) is 0 Å². The number of aryl methyl sites for hydroxylation is 1. The fraction of sp³-hybridized carbons (Fsp3) is 0.250. The number of hydrogen-bond donors (Lipinski definition) is 1. The summed E-state index contributed by atoms with van der Waals surface area (Å²) in [4.78, 5) is 4.54. The fourth-order valence-electron chi connectivity index (χ4n) is 1.20. The molecule has 52 valence electrons. The number of aromatic amines is 1. The molecular formula is C8H9NS. The minimum atomic E-state index is 1.12. The Morgan fingerprint density at radius 2 is 2.50 bits per heavy atom. The molecule has 10 heavy (non-hydrogen) atoms. The van der Waals surface area contributed by atoms with Crippen molar-refractivity contribution in [2.75, 3.05) is 0 Å². The molecule has 0 unspecified atom stereocenters. The first-order valence-corrected chi connectivity index (χ1v) is 4.33. The van der Waals surface area contributed by atoms with Crippen molar-refractivity contribution in [2.24, 2.45) is 0 Å². The van der Waals surface area contributed by atoms with E-state index in [0.29, 0.717) is 0 Å². The SMILES string of the molecule is CCc1c[nH]c2sccc12. The van der Waals surface area contributed by atoms with Crippen molar-refractivity contribution in [3.05, 3.63) is 23.2 Å². The number of nitrogens with one attached hydrogen (secondary N) is 1. The van der Waals surface area contributed by atoms with Crippen molar-refractivity contribution in [1.82, 2.24) is 4.98 Å². The number of aromatic nitrogens is 1. The Morgan fingerprint density at radius 3 is 3.30 bits per heavy atom. The Labute approximate surface area is 63.7 Å². The third-order valence-corrected chi connectivity index (χ3v) is 2.62. The van der Waals surface area contributed by atoms with Gasteiger partial charge in [-0.05, 0) is 23.4 Å². The molecule has 0 aliphatic heterocycles. The van der Waals surface area contributed by atoms with Crippen molar-refractivity contribution in [1.29, 1.82) is 0 Å². The summed E-state index contributed by atoms with van der Waals surface area (Å²) in [5.41, 5.74) is 1.43. The largest absolute Gasteiger partial charge is 0.353 e. The third-order valence-electron chi connectivity index (χ3n) is 1.77. The van der Waals surface area contributed by atoms with Crippen LogP contribution >= 0.6 is 11.3 Å². The summed E-state index contributed by atoms with van der Waals surface area (Å²) >= 11 is 1.77. The van der Waals surface area contributed by atoms with Crippen LogP contribution in [0.4, 0.5) is 0 Å². The fourth-order valence-corrected chi connectivity index (χ4v) is 1.99. The molecule has 2 aromatic heterocycles. The summed E-state index contributed by atoms with van der Waals surface area (Å²) in [6.45, 7) is 2.18. The molecule has 0 fully saturated rings. The molecule has 0 spiro atoms. The average Bonchev–Trinajstić information content (AvgIpc) is 2.44. The van der Waals surface area contributed by atoms with E-state index in [-0.39, 0.29) is 0 Å². The van der Waals surface area contributed by atoms with Crippen LogP contribution in [-0.4, -0.2) is 4.98 Å². The van der Waals surface area contributed by atoms with Gasteiger partial charge in [0.05, 0.1) is 4.83 Å². The predicted octanol–water partition coefficient (Wildman–Crippen LogP) is 2.79. The van der Waals surface area contributed by atoms with Gasteiger partial charge in [-0.15, -0.1) is 11.3 Å². The van der Waals surface area contributed by atoms with Crippen molar-refractivity contribution < 1.29 is 0 Å². The van der Waals surface area contributed by atoms with Gasteiger partial charge in [0.1, 0.15) is 0 Å². The van der Waals surface area contributed by atoms with Crippen LogP contribution in [0.15, 0.2) is 17.6 Å². The molecule has 2 aromatic rings. The molecule has 0 saturated carbocycles. The smallest absolute Gasteiger partial charge is 0.0999 e. The van der Waals surface area contributed by atoms with Crippen molar-refractivity contribution in [2.45, 2.75) is 13.3 Å². The molecule has 0 aliphatic carbocycles. The summed E-state index contributed by atoms with van der Waals surface area (Å²) in [5.74, 6) is 0. The summed E-state index contributed by atoms with van der Waals surface area (Å²) in [6.07, 6.45) is 3.22. The molecular weight excluding hydrogens is 142 g/mol. The Morgan fingerprint density at radius 1 is 1.60 bits per heavy atom. The summed E-state index contributed by atoms with van der Waals surface area (Å²) in [5, 5.41) is 3.52. The van der Waals surface area contributed by atoms with Gasteiger partial charge < -0.3 is 4.98 Å². The van der Waals surface area contributed by atoms with Gasteiger partial charge in [-0.1, -0.05) is 6.92 Å². The molecule has 1 nitrogen and oxygen atoms in total. The highest BCUT2D eigenvalue weighted by molar-refractivity contribution is 7.16. The maximum atomic E-state index is 3.24. The zero-order valence-electron chi connectivity index (χ0n) is 5.85. The number of thiophene rings is 1. The molecule has 2 heterocycles. The molecule has 0 amide bonds. The Hall–Kier alpha value is -0.760. The molecule has 0 saturated heterocycles. The Bertz CT molecular complexity index is 332. The van der Waals surface area contributed by atoms with Gasteiger partial charge in [-0.3, -0.25) is 0 Å². The van der Waals surface area contributed by atoms with Crippen LogP contribution in [0.2, 0.25) is 0 Å². The van der Waals surface area contributed by atoms with Gasteiger partial charge in [0.25, 0.3) is 0 Å². The number of hydrogen-bond acceptors (Lipinski definition) is 1. The Kier molecular flexibility index (Phi) is 1.27. The zero-order chi connectivity index (χ0) is 6.97. The molecule has 2 rings (SSSR count). The Balaban J connectivity index is 2.76. The number of fused-ring (bicyclic) bond motifs is 1. The van der Waals surface area contributed by atoms with E-state index < -0.39 is 0 Å². The number of rotatable bonds is 1. The lowest BCUT2D eigenvalue weighted by Gasteiger charge is -1.84. The molecule has 0 atom stereocenters. The van der Waals surface area contributed by atoms with Gasteiger partial charge >= 0.3 is 0 Å². The quantitative estimate of drug-likeness (QED) is 0.645. The van der Waals surface area contributed by atoms with Crippen LogP contribution in [0, 0.1) is 0 Å². The van der Waals surface area contributed by atoms with Gasteiger partial charge in [0, 0.05) is 11.6 Å². The second-order valence-electron chi connectivity index (χ2n) is 2.33. The second-order valence-corrected chi connectivity index (χ2v) is 3.25. The first-order chi connectivity index (χ1) is 4.92. The first kappa shape index (κ1) is 5.98. The van der Waals surface area contributed by atoms with Crippen LogP contribution in [0.25, 0.3) is 10.2 Å². The van der Waals surface area contributed by atoms with Gasteiger partial charge in [-0.25, -0.2) is 0 Å². The lowest BCUT2D eigenvalue weighted by Crippen LogP contribution is -1.70. The predicted molar refractivity (Wildman–Crippen MR) is 45.6 cm³/mol. The van der Waals surface area contributed by atoms with Gasteiger partial charge in [0.15, 0.2) is 0 Å². The maximum absolute atomic E-state index is 3.24. The lowest BCUT2D eigenvalue weighted by atomic mass is 10.2. The second kappa shape index (κ2) is 2.13. The van der Waals surface area contributed by atoms with E-state index in [1.165, 1.54) is 15.8 Å². The minimum Gasteiger partial charge on any atom is -0.353 e. The topological polar surface area (TPSA) is 15.8 Å². The zero-order valence-corrected chi connectivity index (χ0v) is 6.66. The van der Waals surface area contributed by atoms with Crippen molar-refractivity contribution >= 4 is 21.6 Å². The molecule has 0 aromatic carbocycles. The van der Waals surface area contributed by atoms with E-state index in [1.807, 2.05) is 0 Å². The van der Waals surface area contributed by atoms with E-state index >= 15 is 0 Å². The lowest BCUT2D eigenvalue weighted by molar-refractivity contribution is 1.15. The minimum absolute atomic E-state index is 1.12. The molecule has 0 aliphatic rings. The highest BCUT2D eigenvalue weighted by atomic mass is 32.1. The highest BCUT2D eigenvalue weighted by Crippen LogP contribution is 2.23. The number of H-pyrrole nitrogens is 1. The van der Waals surface area contributed by atoms with Gasteiger partial charge in [-0.2, -0.15) is 0 Å². The molecule has 2 heteroatoms. The highest BCUT2D eigenvalue weighted by Gasteiger charge is 2.00. The van der Waals surface area contributed by atoms with Crippen LogP contribution in [0.3, 0.4) is 0 Å². The standard InChI is InChI=1S/C8H9NS/c1-2-6-5-9-8-7(6)3-4-10-8/h3-5,9H,2H2,1H3. The molecule has 1 N–H and O–H groups in total.